The van der Waals surface area contributed by atoms with Gasteiger partial charge in [0.25, 0.3) is 0 Å². The van der Waals surface area contributed by atoms with Crippen LogP contribution >= 0.6 is 15.9 Å². The summed E-state index contributed by atoms with van der Waals surface area (Å²) in [4.78, 5) is -0.00786. The number of halogens is 1. The number of anilines is 3. The highest BCUT2D eigenvalue weighted by Gasteiger charge is 2.11. The third-order valence-electron chi connectivity index (χ3n) is 2.89. The maximum absolute atomic E-state index is 11.2. The molecule has 0 radical (unpaired) electrons. The second kappa shape index (κ2) is 5.43. The number of nitrogen functional groups attached to an aromatic ring is 1. The van der Waals surface area contributed by atoms with Gasteiger partial charge in [-0.1, -0.05) is 22.0 Å². The standard InChI is InChI=1S/C13H14BrN3O2S/c1-8-10(14)3-2-4-12(8)17-13-6-5-9(7-11(13)15)20(16,18)19/h2-7,17H,15H2,1H3,(H2,16,18,19). The first-order valence-corrected chi connectivity index (χ1v) is 8.07. The van der Waals surface area contributed by atoms with Crippen LogP contribution in [0.15, 0.2) is 45.8 Å². The highest BCUT2D eigenvalue weighted by molar-refractivity contribution is 9.10. The van der Waals surface area contributed by atoms with Crippen molar-refractivity contribution in [1.82, 2.24) is 0 Å². The number of hydrogen-bond acceptors (Lipinski definition) is 4. The van der Waals surface area contributed by atoms with Crippen LogP contribution in [-0.4, -0.2) is 8.42 Å². The van der Waals surface area contributed by atoms with E-state index in [0.717, 1.165) is 15.7 Å². The van der Waals surface area contributed by atoms with Gasteiger partial charge in [-0.15, -0.1) is 0 Å². The molecule has 0 unspecified atom stereocenters. The average molecular weight is 356 g/mol. The minimum absolute atomic E-state index is 0.00786. The molecule has 106 valence electrons. The zero-order valence-corrected chi connectivity index (χ0v) is 13.1. The molecule has 5 nitrogen and oxygen atoms in total. The number of primary sulfonamides is 1. The third kappa shape index (κ3) is 3.12. The summed E-state index contributed by atoms with van der Waals surface area (Å²) in [6, 6.07) is 10.1. The Morgan fingerprint density at radius 1 is 1.15 bits per heavy atom. The van der Waals surface area contributed by atoms with E-state index in [-0.39, 0.29) is 4.90 Å². The van der Waals surface area contributed by atoms with Gasteiger partial charge in [-0.3, -0.25) is 0 Å². The molecule has 2 aromatic carbocycles. The Morgan fingerprint density at radius 2 is 1.85 bits per heavy atom. The topological polar surface area (TPSA) is 98.2 Å². The first-order chi connectivity index (χ1) is 9.29. The van der Waals surface area contributed by atoms with E-state index < -0.39 is 10.0 Å². The van der Waals surface area contributed by atoms with Crippen molar-refractivity contribution in [2.24, 2.45) is 5.14 Å². The summed E-state index contributed by atoms with van der Waals surface area (Å²) >= 11 is 3.45. The van der Waals surface area contributed by atoms with Gasteiger partial charge in [-0.05, 0) is 42.8 Å². The number of sulfonamides is 1. The summed E-state index contributed by atoms with van der Waals surface area (Å²) in [7, 11) is -3.75. The van der Waals surface area contributed by atoms with E-state index >= 15 is 0 Å². The maximum Gasteiger partial charge on any atom is 0.238 e. The second-order valence-corrected chi connectivity index (χ2v) is 6.75. The summed E-state index contributed by atoms with van der Waals surface area (Å²) < 4.78 is 23.5. The molecule has 0 fully saturated rings. The van der Waals surface area contributed by atoms with Crippen LogP contribution in [0.5, 0.6) is 0 Å². The van der Waals surface area contributed by atoms with Crippen LogP contribution in [0.2, 0.25) is 0 Å². The lowest BCUT2D eigenvalue weighted by atomic mass is 10.2. The summed E-state index contributed by atoms with van der Waals surface area (Å²) in [6.07, 6.45) is 0. The lowest BCUT2D eigenvalue weighted by Gasteiger charge is -2.13. The Morgan fingerprint density at radius 3 is 2.45 bits per heavy atom. The van der Waals surface area contributed by atoms with E-state index in [1.807, 2.05) is 25.1 Å². The molecule has 0 saturated carbocycles. The minimum Gasteiger partial charge on any atom is -0.397 e. The molecule has 0 aromatic heterocycles. The molecule has 0 aliphatic heterocycles. The van der Waals surface area contributed by atoms with E-state index in [1.54, 1.807) is 6.07 Å². The molecule has 20 heavy (non-hydrogen) atoms. The predicted molar refractivity (Wildman–Crippen MR) is 84.4 cm³/mol. The molecule has 0 heterocycles. The van der Waals surface area contributed by atoms with Crippen molar-refractivity contribution in [2.75, 3.05) is 11.1 Å². The first kappa shape index (κ1) is 14.8. The fourth-order valence-corrected chi connectivity index (χ4v) is 2.63. The van der Waals surface area contributed by atoms with Gasteiger partial charge < -0.3 is 11.1 Å². The Bertz CT molecular complexity index is 760. The Balaban J connectivity index is 2.38. The second-order valence-electron chi connectivity index (χ2n) is 4.33. The number of rotatable bonds is 3. The largest absolute Gasteiger partial charge is 0.397 e. The van der Waals surface area contributed by atoms with Crippen LogP contribution < -0.4 is 16.2 Å². The van der Waals surface area contributed by atoms with Crippen molar-refractivity contribution < 1.29 is 8.42 Å². The first-order valence-electron chi connectivity index (χ1n) is 5.73. The fraction of sp³-hybridized carbons (Fsp3) is 0.0769. The predicted octanol–water partition coefficient (Wildman–Crippen LogP) is 2.73. The van der Waals surface area contributed by atoms with Gasteiger partial charge in [-0.2, -0.15) is 0 Å². The van der Waals surface area contributed by atoms with Crippen molar-refractivity contribution in [3.63, 3.8) is 0 Å². The van der Waals surface area contributed by atoms with Crippen molar-refractivity contribution >= 4 is 43.0 Å². The van der Waals surface area contributed by atoms with Crippen molar-refractivity contribution in [3.05, 3.63) is 46.4 Å². The summed E-state index contributed by atoms with van der Waals surface area (Å²) in [5.74, 6) is 0. The lowest BCUT2D eigenvalue weighted by Crippen LogP contribution is -2.12. The van der Waals surface area contributed by atoms with E-state index in [2.05, 4.69) is 21.2 Å². The maximum atomic E-state index is 11.2. The minimum atomic E-state index is -3.75. The molecule has 5 N–H and O–H groups in total. The summed E-state index contributed by atoms with van der Waals surface area (Å²) in [5.41, 5.74) is 8.71. The molecular weight excluding hydrogens is 342 g/mol. The van der Waals surface area contributed by atoms with Gasteiger partial charge in [0.2, 0.25) is 10.0 Å². The third-order valence-corrected chi connectivity index (χ3v) is 4.66. The molecule has 0 aliphatic rings. The Hall–Kier alpha value is -1.57. The van der Waals surface area contributed by atoms with E-state index in [1.165, 1.54) is 12.1 Å². The number of hydrogen-bond donors (Lipinski definition) is 3. The van der Waals surface area contributed by atoms with Crippen LogP contribution in [-0.2, 0) is 10.0 Å². The van der Waals surface area contributed by atoms with Crippen LogP contribution in [0.1, 0.15) is 5.56 Å². The molecule has 2 rings (SSSR count). The fourth-order valence-electron chi connectivity index (χ4n) is 1.72. The normalized spacial score (nSPS) is 11.3. The molecule has 0 bridgehead atoms. The molecule has 0 atom stereocenters. The molecule has 7 heteroatoms. The van der Waals surface area contributed by atoms with Crippen LogP contribution in [0.25, 0.3) is 0 Å². The molecule has 0 saturated heterocycles. The Labute approximate surface area is 126 Å². The van der Waals surface area contributed by atoms with Crippen LogP contribution in [0, 0.1) is 6.92 Å². The molecule has 2 aromatic rings. The van der Waals surface area contributed by atoms with Gasteiger partial charge in [0.15, 0.2) is 0 Å². The van der Waals surface area contributed by atoms with Crippen LogP contribution in [0.4, 0.5) is 17.1 Å². The van der Waals surface area contributed by atoms with Gasteiger partial charge in [0, 0.05) is 10.2 Å². The Kier molecular flexibility index (Phi) is 4.03. The lowest BCUT2D eigenvalue weighted by molar-refractivity contribution is 0.598. The van der Waals surface area contributed by atoms with E-state index in [4.69, 9.17) is 10.9 Å². The highest BCUT2D eigenvalue weighted by Crippen LogP contribution is 2.30. The summed E-state index contributed by atoms with van der Waals surface area (Å²) in [5, 5.41) is 8.23. The molecule has 0 aliphatic carbocycles. The summed E-state index contributed by atoms with van der Waals surface area (Å²) in [6.45, 7) is 1.96. The van der Waals surface area contributed by atoms with Crippen molar-refractivity contribution in [1.29, 1.82) is 0 Å². The average Bonchev–Trinajstić information content (AvgIpc) is 2.36. The zero-order chi connectivity index (χ0) is 14.9. The zero-order valence-electron chi connectivity index (χ0n) is 10.7. The highest BCUT2D eigenvalue weighted by atomic mass is 79.9. The van der Waals surface area contributed by atoms with Gasteiger partial charge in [-0.25, -0.2) is 13.6 Å². The smallest absolute Gasteiger partial charge is 0.238 e. The number of nitrogens with two attached hydrogens (primary N) is 2. The molecular formula is C13H14BrN3O2S. The van der Waals surface area contributed by atoms with E-state index in [0.29, 0.717) is 11.4 Å². The van der Waals surface area contributed by atoms with Gasteiger partial charge in [0.1, 0.15) is 0 Å². The van der Waals surface area contributed by atoms with Crippen molar-refractivity contribution in [3.8, 4) is 0 Å². The molecule has 0 amide bonds. The van der Waals surface area contributed by atoms with Gasteiger partial charge >= 0.3 is 0 Å². The monoisotopic (exact) mass is 355 g/mol. The van der Waals surface area contributed by atoms with Crippen molar-refractivity contribution in [2.45, 2.75) is 11.8 Å². The quantitative estimate of drug-likeness (QED) is 0.737. The van der Waals surface area contributed by atoms with Crippen LogP contribution in [0.3, 0.4) is 0 Å². The van der Waals surface area contributed by atoms with E-state index in [9.17, 15) is 8.42 Å². The SMILES string of the molecule is Cc1c(Br)cccc1Nc1ccc(S(N)(=O)=O)cc1N. The number of benzene rings is 2. The molecule has 0 spiro atoms. The van der Waals surface area contributed by atoms with Gasteiger partial charge in [0.05, 0.1) is 16.3 Å². The number of nitrogens with one attached hydrogen (secondary N) is 1.